The molecule has 0 saturated carbocycles. The van der Waals surface area contributed by atoms with Gasteiger partial charge in [-0.05, 0) is 69.1 Å². The number of rotatable bonds is 10. The summed E-state index contributed by atoms with van der Waals surface area (Å²) in [5, 5.41) is 0. The summed E-state index contributed by atoms with van der Waals surface area (Å²) in [5.74, 6) is 1.98. The van der Waals surface area contributed by atoms with E-state index in [9.17, 15) is 13.2 Å². The van der Waals surface area contributed by atoms with Crippen molar-refractivity contribution in [2.24, 2.45) is 0 Å². The van der Waals surface area contributed by atoms with Gasteiger partial charge in [0.25, 0.3) is 0 Å². The standard InChI is InChI=1S/C24H30F3NO3/c1-2-29-22-9-3-4-10-23(22)31-18-20-8-5-6-15-28(20)16-7-17-30-21-13-11-19(12-14-21)24(25,26)27/h3-4,9-14,20H,2,5-8,15-18H2,1H3. The van der Waals surface area contributed by atoms with Crippen molar-refractivity contribution in [3.63, 3.8) is 0 Å². The van der Waals surface area contributed by atoms with Gasteiger partial charge in [0.1, 0.15) is 12.4 Å². The van der Waals surface area contributed by atoms with E-state index >= 15 is 0 Å². The molecule has 1 atom stereocenters. The first kappa shape index (κ1) is 23.3. The first-order chi connectivity index (χ1) is 15.0. The van der Waals surface area contributed by atoms with Crippen LogP contribution in [0.3, 0.4) is 0 Å². The van der Waals surface area contributed by atoms with Gasteiger partial charge in [-0.15, -0.1) is 0 Å². The minimum Gasteiger partial charge on any atom is -0.494 e. The largest absolute Gasteiger partial charge is 0.494 e. The fourth-order valence-corrected chi connectivity index (χ4v) is 3.77. The maximum atomic E-state index is 12.6. The molecule has 1 aliphatic heterocycles. The fourth-order valence-electron chi connectivity index (χ4n) is 3.77. The minimum atomic E-state index is -4.33. The molecule has 0 amide bonds. The van der Waals surface area contributed by atoms with Gasteiger partial charge in [0, 0.05) is 12.6 Å². The molecule has 0 aliphatic carbocycles. The summed E-state index contributed by atoms with van der Waals surface area (Å²) in [4.78, 5) is 2.42. The lowest BCUT2D eigenvalue weighted by Gasteiger charge is -2.35. The highest BCUT2D eigenvalue weighted by molar-refractivity contribution is 5.39. The molecular weight excluding hydrogens is 407 g/mol. The molecule has 1 heterocycles. The first-order valence-corrected chi connectivity index (χ1v) is 10.9. The lowest BCUT2D eigenvalue weighted by atomic mass is 10.0. The van der Waals surface area contributed by atoms with E-state index in [-0.39, 0.29) is 0 Å². The number of piperidine rings is 1. The number of likely N-dealkylation sites (tertiary alicyclic amines) is 1. The summed E-state index contributed by atoms with van der Waals surface area (Å²) >= 11 is 0. The molecule has 1 aliphatic rings. The zero-order valence-corrected chi connectivity index (χ0v) is 17.9. The van der Waals surface area contributed by atoms with Crippen molar-refractivity contribution in [1.82, 2.24) is 4.90 Å². The number of para-hydroxylation sites is 2. The van der Waals surface area contributed by atoms with Gasteiger partial charge in [0.05, 0.1) is 18.8 Å². The number of benzene rings is 2. The van der Waals surface area contributed by atoms with Crippen LogP contribution in [-0.2, 0) is 6.18 Å². The summed E-state index contributed by atoms with van der Waals surface area (Å²) in [7, 11) is 0. The van der Waals surface area contributed by atoms with Crippen LogP contribution in [0.2, 0.25) is 0 Å². The Balaban J connectivity index is 1.44. The van der Waals surface area contributed by atoms with Crippen LogP contribution < -0.4 is 14.2 Å². The Morgan fingerprint density at radius 1 is 0.935 bits per heavy atom. The molecule has 4 nitrogen and oxygen atoms in total. The molecule has 3 rings (SSSR count). The molecule has 0 aromatic heterocycles. The van der Waals surface area contributed by atoms with Crippen molar-refractivity contribution >= 4 is 0 Å². The lowest BCUT2D eigenvalue weighted by molar-refractivity contribution is -0.137. The highest BCUT2D eigenvalue weighted by Crippen LogP contribution is 2.30. The first-order valence-electron chi connectivity index (χ1n) is 10.9. The molecule has 0 bridgehead atoms. The van der Waals surface area contributed by atoms with Crippen LogP contribution in [0.4, 0.5) is 13.2 Å². The minimum absolute atomic E-state index is 0.328. The molecule has 2 aromatic rings. The summed E-state index contributed by atoms with van der Waals surface area (Å²) in [6.45, 7) is 5.48. The zero-order chi connectivity index (χ0) is 22.1. The van der Waals surface area contributed by atoms with Crippen molar-refractivity contribution in [3.8, 4) is 17.2 Å². The summed E-state index contributed by atoms with van der Waals surface area (Å²) in [5.41, 5.74) is -0.665. The van der Waals surface area contributed by atoms with Crippen molar-refractivity contribution in [2.45, 2.75) is 44.8 Å². The second-order valence-electron chi connectivity index (χ2n) is 7.60. The van der Waals surface area contributed by atoms with Gasteiger partial charge in [-0.1, -0.05) is 18.6 Å². The fraction of sp³-hybridized carbons (Fsp3) is 0.500. The van der Waals surface area contributed by atoms with Crippen LogP contribution in [-0.4, -0.2) is 43.9 Å². The average molecular weight is 438 g/mol. The number of hydrogen-bond donors (Lipinski definition) is 0. The topological polar surface area (TPSA) is 30.9 Å². The van der Waals surface area contributed by atoms with Gasteiger partial charge >= 0.3 is 6.18 Å². The van der Waals surface area contributed by atoms with Crippen molar-refractivity contribution in [3.05, 3.63) is 54.1 Å². The Morgan fingerprint density at radius 3 is 2.32 bits per heavy atom. The van der Waals surface area contributed by atoms with Gasteiger partial charge < -0.3 is 14.2 Å². The van der Waals surface area contributed by atoms with Crippen molar-refractivity contribution in [2.75, 3.05) is 32.9 Å². The van der Waals surface area contributed by atoms with Crippen LogP contribution in [0.15, 0.2) is 48.5 Å². The molecule has 170 valence electrons. The molecule has 0 radical (unpaired) electrons. The number of nitrogens with zero attached hydrogens (tertiary/aromatic N) is 1. The highest BCUT2D eigenvalue weighted by atomic mass is 19.4. The van der Waals surface area contributed by atoms with E-state index in [1.165, 1.54) is 18.6 Å². The molecule has 1 fully saturated rings. The van der Waals surface area contributed by atoms with Crippen molar-refractivity contribution < 1.29 is 27.4 Å². The number of hydrogen-bond acceptors (Lipinski definition) is 4. The zero-order valence-electron chi connectivity index (χ0n) is 17.9. The van der Waals surface area contributed by atoms with Crippen LogP contribution in [0.1, 0.15) is 38.2 Å². The van der Waals surface area contributed by atoms with Crippen LogP contribution in [0.5, 0.6) is 17.2 Å². The smallest absolute Gasteiger partial charge is 0.416 e. The van der Waals surface area contributed by atoms with E-state index < -0.39 is 11.7 Å². The summed E-state index contributed by atoms with van der Waals surface area (Å²) in [6.07, 6.45) is -0.109. The van der Waals surface area contributed by atoms with Gasteiger partial charge in [0.15, 0.2) is 11.5 Å². The average Bonchev–Trinajstić information content (AvgIpc) is 2.77. The van der Waals surface area contributed by atoms with Gasteiger partial charge in [0.2, 0.25) is 0 Å². The third-order valence-electron chi connectivity index (χ3n) is 5.37. The Kier molecular flexibility index (Phi) is 8.46. The number of alkyl halides is 3. The lowest BCUT2D eigenvalue weighted by Crippen LogP contribution is -2.43. The molecule has 1 unspecified atom stereocenters. The van der Waals surface area contributed by atoms with E-state index in [1.807, 2.05) is 31.2 Å². The highest BCUT2D eigenvalue weighted by Gasteiger charge is 2.30. The molecular formula is C24H30F3NO3. The van der Waals surface area contributed by atoms with E-state index in [0.29, 0.717) is 31.6 Å². The van der Waals surface area contributed by atoms with Crippen LogP contribution in [0, 0.1) is 0 Å². The Bertz CT molecular complexity index is 795. The van der Waals surface area contributed by atoms with E-state index in [1.54, 1.807) is 0 Å². The van der Waals surface area contributed by atoms with Gasteiger partial charge in [-0.25, -0.2) is 0 Å². The number of ether oxygens (including phenoxy) is 3. The van der Waals surface area contributed by atoms with E-state index in [0.717, 1.165) is 56.0 Å². The second kappa shape index (κ2) is 11.3. The maximum absolute atomic E-state index is 12.6. The van der Waals surface area contributed by atoms with Crippen LogP contribution >= 0.6 is 0 Å². The predicted molar refractivity (Wildman–Crippen MR) is 114 cm³/mol. The van der Waals surface area contributed by atoms with Gasteiger partial charge in [-0.3, -0.25) is 4.90 Å². The molecule has 0 spiro atoms. The van der Waals surface area contributed by atoms with Crippen LogP contribution in [0.25, 0.3) is 0 Å². The third kappa shape index (κ3) is 7.06. The monoisotopic (exact) mass is 437 g/mol. The molecule has 31 heavy (non-hydrogen) atoms. The van der Waals surface area contributed by atoms with Crippen molar-refractivity contribution in [1.29, 1.82) is 0 Å². The molecule has 1 saturated heterocycles. The Morgan fingerprint density at radius 2 is 1.65 bits per heavy atom. The molecule has 7 heteroatoms. The Hall–Kier alpha value is -2.41. The quantitative estimate of drug-likeness (QED) is 0.439. The molecule has 2 aromatic carbocycles. The van der Waals surface area contributed by atoms with E-state index in [2.05, 4.69) is 4.90 Å². The predicted octanol–water partition coefficient (Wildman–Crippen LogP) is 5.81. The molecule has 0 N–H and O–H groups in total. The Labute approximate surface area is 181 Å². The summed E-state index contributed by atoms with van der Waals surface area (Å²) in [6, 6.07) is 12.9. The normalized spacial score (nSPS) is 17.4. The maximum Gasteiger partial charge on any atom is 0.416 e. The summed E-state index contributed by atoms with van der Waals surface area (Å²) < 4.78 is 55.3. The van der Waals surface area contributed by atoms with E-state index in [4.69, 9.17) is 14.2 Å². The third-order valence-corrected chi connectivity index (χ3v) is 5.37. The SMILES string of the molecule is CCOc1ccccc1OCC1CCCCN1CCCOc1ccc(C(F)(F)F)cc1. The van der Waals surface area contributed by atoms with Gasteiger partial charge in [-0.2, -0.15) is 13.2 Å². The number of halogens is 3. The second-order valence-corrected chi connectivity index (χ2v) is 7.60.